The Balaban J connectivity index is 1.62. The smallest absolute Gasteiger partial charge is 0.238 e. The summed E-state index contributed by atoms with van der Waals surface area (Å²) < 4.78 is 5.45. The lowest BCUT2D eigenvalue weighted by Crippen LogP contribution is -2.12. The van der Waals surface area contributed by atoms with Crippen molar-refractivity contribution in [3.63, 3.8) is 0 Å². The largest absolute Gasteiger partial charge is 0.504 e. The van der Waals surface area contributed by atoms with E-state index >= 15 is 0 Å². The summed E-state index contributed by atoms with van der Waals surface area (Å²) in [6.45, 7) is 1.06. The van der Waals surface area contributed by atoms with Gasteiger partial charge in [0.2, 0.25) is 5.88 Å². The summed E-state index contributed by atoms with van der Waals surface area (Å²) in [7, 11) is 1.55. The number of anilines is 2. The third-order valence-corrected chi connectivity index (χ3v) is 4.97. The topological polar surface area (TPSA) is 86.6 Å². The minimum Gasteiger partial charge on any atom is -0.504 e. The zero-order chi connectivity index (χ0) is 19.5. The van der Waals surface area contributed by atoms with Crippen molar-refractivity contribution in [2.45, 2.75) is 18.9 Å². The van der Waals surface area contributed by atoms with Gasteiger partial charge in [0.1, 0.15) is 5.69 Å². The summed E-state index contributed by atoms with van der Waals surface area (Å²) in [5.41, 5.74) is 3.90. The Bertz CT molecular complexity index is 985. The highest BCUT2D eigenvalue weighted by Gasteiger charge is 2.17. The molecule has 1 aliphatic heterocycles. The zero-order valence-electron chi connectivity index (χ0n) is 15.6. The lowest BCUT2D eigenvalue weighted by molar-refractivity contribution is 0.399. The Morgan fingerprint density at radius 2 is 1.96 bits per heavy atom. The molecular weight excluding hydrogens is 354 g/mol. The van der Waals surface area contributed by atoms with Crippen LogP contribution in [-0.4, -0.2) is 28.9 Å². The number of phenolic OH excluding ortho intramolecular Hbond substituents is 2. The van der Waals surface area contributed by atoms with Crippen molar-refractivity contribution < 1.29 is 14.9 Å². The molecule has 4 N–H and O–H groups in total. The van der Waals surface area contributed by atoms with Crippen LogP contribution in [0.4, 0.5) is 11.4 Å². The molecule has 1 fully saturated rings. The monoisotopic (exact) mass is 377 g/mol. The summed E-state index contributed by atoms with van der Waals surface area (Å²) in [6.07, 6.45) is 2.35. The van der Waals surface area contributed by atoms with Crippen molar-refractivity contribution in [3.8, 4) is 28.6 Å². The van der Waals surface area contributed by atoms with E-state index in [2.05, 4.69) is 27.8 Å². The summed E-state index contributed by atoms with van der Waals surface area (Å²) >= 11 is 0. The minimum atomic E-state index is -0.200. The number of pyridine rings is 1. The maximum atomic E-state index is 10.1. The highest BCUT2D eigenvalue weighted by atomic mass is 16.5. The molecule has 6 nitrogen and oxygen atoms in total. The number of ether oxygens (including phenoxy) is 1. The van der Waals surface area contributed by atoms with Gasteiger partial charge in [-0.1, -0.05) is 18.2 Å². The highest BCUT2D eigenvalue weighted by Crippen LogP contribution is 2.37. The van der Waals surface area contributed by atoms with Gasteiger partial charge >= 0.3 is 0 Å². The molecule has 0 spiro atoms. The molecule has 0 bridgehead atoms. The molecule has 28 heavy (non-hydrogen) atoms. The standard InChI is InChI=1S/C22H23N3O3/c1-28-22-19(11-10-18(25-22)16-7-3-9-20(26)21(16)27)24-15-6-2-5-14(13-15)17-8-4-12-23-17/h2-3,5-7,9-11,13,17,23-24,26-27H,4,8,12H2,1H3/t17-/m1/s1. The average molecular weight is 377 g/mol. The molecule has 144 valence electrons. The van der Waals surface area contributed by atoms with Crippen LogP contribution in [0.3, 0.4) is 0 Å². The molecule has 2 aromatic carbocycles. The van der Waals surface area contributed by atoms with Gasteiger partial charge in [-0.3, -0.25) is 0 Å². The summed E-state index contributed by atoms with van der Waals surface area (Å²) in [5, 5.41) is 26.7. The first-order valence-corrected chi connectivity index (χ1v) is 9.32. The van der Waals surface area contributed by atoms with E-state index in [1.807, 2.05) is 18.2 Å². The molecule has 0 unspecified atom stereocenters. The van der Waals surface area contributed by atoms with Crippen LogP contribution in [0.5, 0.6) is 17.4 Å². The van der Waals surface area contributed by atoms with Crippen molar-refractivity contribution in [3.05, 3.63) is 60.2 Å². The second kappa shape index (κ2) is 7.78. The second-order valence-electron chi connectivity index (χ2n) is 6.83. The molecule has 1 saturated heterocycles. The van der Waals surface area contributed by atoms with E-state index in [0.29, 0.717) is 23.2 Å². The SMILES string of the molecule is COc1nc(-c2cccc(O)c2O)ccc1Nc1cccc([C@H]2CCCN2)c1. The molecule has 2 heterocycles. The third-order valence-electron chi connectivity index (χ3n) is 4.97. The number of methoxy groups -OCH3 is 1. The van der Waals surface area contributed by atoms with Gasteiger partial charge in [0.25, 0.3) is 0 Å². The fourth-order valence-corrected chi connectivity index (χ4v) is 3.54. The molecule has 0 saturated carbocycles. The number of aromatic nitrogens is 1. The zero-order valence-corrected chi connectivity index (χ0v) is 15.6. The fraction of sp³-hybridized carbons (Fsp3) is 0.227. The Morgan fingerprint density at radius 1 is 1.11 bits per heavy atom. The van der Waals surface area contributed by atoms with Gasteiger partial charge in [0, 0.05) is 17.3 Å². The Kier molecular flexibility index (Phi) is 5.04. The normalized spacial score (nSPS) is 16.1. The first kappa shape index (κ1) is 18.1. The number of benzene rings is 2. The number of rotatable bonds is 5. The van der Waals surface area contributed by atoms with Crippen LogP contribution in [0.15, 0.2) is 54.6 Å². The maximum Gasteiger partial charge on any atom is 0.238 e. The van der Waals surface area contributed by atoms with Gasteiger partial charge in [-0.05, 0) is 61.3 Å². The molecular formula is C22H23N3O3. The third kappa shape index (κ3) is 3.59. The van der Waals surface area contributed by atoms with Gasteiger partial charge in [0.05, 0.1) is 12.8 Å². The number of hydrogen-bond donors (Lipinski definition) is 4. The number of aromatic hydroxyl groups is 2. The van der Waals surface area contributed by atoms with Gasteiger partial charge < -0.3 is 25.6 Å². The summed E-state index contributed by atoms with van der Waals surface area (Å²) in [4.78, 5) is 4.49. The van der Waals surface area contributed by atoms with Gasteiger partial charge in [-0.25, -0.2) is 4.98 Å². The Labute approximate surface area is 163 Å². The molecule has 1 atom stereocenters. The molecule has 4 rings (SSSR count). The van der Waals surface area contributed by atoms with Crippen LogP contribution in [-0.2, 0) is 0 Å². The van der Waals surface area contributed by atoms with Crippen LogP contribution in [0.2, 0.25) is 0 Å². The molecule has 3 aromatic rings. The molecule has 1 aromatic heterocycles. The average Bonchev–Trinajstić information content (AvgIpc) is 3.26. The quantitative estimate of drug-likeness (QED) is 0.495. The van der Waals surface area contributed by atoms with Crippen LogP contribution >= 0.6 is 0 Å². The van der Waals surface area contributed by atoms with Crippen molar-refractivity contribution in [1.82, 2.24) is 10.3 Å². The number of phenols is 2. The predicted molar refractivity (Wildman–Crippen MR) is 109 cm³/mol. The molecule has 0 amide bonds. The van der Waals surface area contributed by atoms with Crippen molar-refractivity contribution in [2.75, 3.05) is 19.0 Å². The van der Waals surface area contributed by atoms with E-state index in [-0.39, 0.29) is 11.5 Å². The number of para-hydroxylation sites is 1. The highest BCUT2D eigenvalue weighted by molar-refractivity contribution is 5.74. The second-order valence-corrected chi connectivity index (χ2v) is 6.83. The molecule has 6 heteroatoms. The van der Waals surface area contributed by atoms with Gasteiger partial charge in [-0.2, -0.15) is 0 Å². The van der Waals surface area contributed by atoms with E-state index in [4.69, 9.17) is 4.74 Å². The molecule has 0 radical (unpaired) electrons. The van der Waals surface area contributed by atoms with Crippen LogP contribution in [0, 0.1) is 0 Å². The first-order valence-electron chi connectivity index (χ1n) is 9.32. The Morgan fingerprint density at radius 3 is 2.75 bits per heavy atom. The summed E-state index contributed by atoms with van der Waals surface area (Å²) in [5.74, 6) is 0.0250. The fourth-order valence-electron chi connectivity index (χ4n) is 3.54. The lowest BCUT2D eigenvalue weighted by Gasteiger charge is -2.15. The maximum absolute atomic E-state index is 10.1. The van der Waals surface area contributed by atoms with Gasteiger partial charge in [0.15, 0.2) is 11.5 Å². The van der Waals surface area contributed by atoms with Gasteiger partial charge in [-0.15, -0.1) is 0 Å². The van der Waals surface area contributed by atoms with Crippen molar-refractivity contribution in [1.29, 1.82) is 0 Å². The van der Waals surface area contributed by atoms with Crippen molar-refractivity contribution in [2.24, 2.45) is 0 Å². The number of nitrogens with zero attached hydrogens (tertiary/aromatic N) is 1. The van der Waals surface area contributed by atoms with Crippen LogP contribution < -0.4 is 15.4 Å². The first-order chi connectivity index (χ1) is 13.7. The van der Waals surface area contributed by atoms with E-state index in [1.54, 1.807) is 25.3 Å². The van der Waals surface area contributed by atoms with E-state index in [1.165, 1.54) is 18.1 Å². The minimum absolute atomic E-state index is 0.183. The molecule has 1 aliphatic rings. The Hall–Kier alpha value is -3.25. The van der Waals surface area contributed by atoms with Crippen molar-refractivity contribution >= 4 is 11.4 Å². The van der Waals surface area contributed by atoms with Crippen LogP contribution in [0.1, 0.15) is 24.4 Å². The lowest BCUT2D eigenvalue weighted by atomic mass is 10.0. The van der Waals surface area contributed by atoms with Crippen LogP contribution in [0.25, 0.3) is 11.3 Å². The number of nitrogens with one attached hydrogen (secondary N) is 2. The van der Waals surface area contributed by atoms with E-state index in [9.17, 15) is 10.2 Å². The molecule has 0 aliphatic carbocycles. The number of hydrogen-bond acceptors (Lipinski definition) is 6. The summed E-state index contributed by atoms with van der Waals surface area (Å²) in [6, 6.07) is 17.1. The van der Waals surface area contributed by atoms with E-state index in [0.717, 1.165) is 24.3 Å². The predicted octanol–water partition coefficient (Wildman–Crippen LogP) is 4.34. The van der Waals surface area contributed by atoms with E-state index < -0.39 is 0 Å².